The van der Waals surface area contributed by atoms with Crippen molar-refractivity contribution in [1.82, 2.24) is 4.90 Å². The van der Waals surface area contributed by atoms with Gasteiger partial charge in [-0.15, -0.1) is 0 Å². The number of ether oxygens (including phenoxy) is 2. The molecule has 2 aromatic carbocycles. The maximum Gasteiger partial charge on any atom is 0.262 e. The van der Waals surface area contributed by atoms with E-state index in [9.17, 15) is 18.4 Å². The van der Waals surface area contributed by atoms with E-state index in [1.807, 2.05) is 0 Å². The second kappa shape index (κ2) is 7.27. The lowest BCUT2D eigenvalue weighted by Crippen LogP contribution is -2.52. The fraction of sp³-hybridized carbons (Fsp3) is 0.263. The van der Waals surface area contributed by atoms with Crippen LogP contribution in [0.25, 0.3) is 0 Å². The van der Waals surface area contributed by atoms with E-state index in [4.69, 9.17) is 21.1 Å². The summed E-state index contributed by atoms with van der Waals surface area (Å²) >= 11 is 5.91. The highest BCUT2D eigenvalue weighted by atomic mass is 35.5. The number of fused-ring (bicyclic) bond motifs is 1. The number of benzene rings is 2. The number of hydrogen-bond donors (Lipinski definition) is 1. The van der Waals surface area contributed by atoms with Crippen molar-refractivity contribution in [2.24, 2.45) is 5.92 Å². The van der Waals surface area contributed by atoms with Gasteiger partial charge in [0.05, 0.1) is 22.9 Å². The molecule has 0 aromatic heterocycles. The van der Waals surface area contributed by atoms with Crippen LogP contribution < -0.4 is 14.8 Å². The zero-order valence-corrected chi connectivity index (χ0v) is 15.3. The van der Waals surface area contributed by atoms with Crippen molar-refractivity contribution in [3.63, 3.8) is 0 Å². The van der Waals surface area contributed by atoms with Crippen molar-refractivity contribution < 1.29 is 27.8 Å². The van der Waals surface area contributed by atoms with Crippen LogP contribution in [0.3, 0.4) is 0 Å². The Morgan fingerprint density at radius 2 is 2.07 bits per heavy atom. The molecular formula is C19H15ClF2N2O4. The van der Waals surface area contributed by atoms with Gasteiger partial charge in [0.15, 0.2) is 18.2 Å². The monoisotopic (exact) mass is 408 g/mol. The van der Waals surface area contributed by atoms with Crippen LogP contribution in [0, 0.1) is 17.6 Å². The molecule has 0 spiro atoms. The number of halogens is 3. The molecule has 28 heavy (non-hydrogen) atoms. The molecule has 0 aliphatic carbocycles. The first-order valence-electron chi connectivity index (χ1n) is 8.54. The first kappa shape index (κ1) is 18.5. The van der Waals surface area contributed by atoms with Gasteiger partial charge in [0.1, 0.15) is 11.6 Å². The van der Waals surface area contributed by atoms with Crippen LogP contribution in [0.1, 0.15) is 10.4 Å². The van der Waals surface area contributed by atoms with Crippen molar-refractivity contribution in [3.8, 4) is 11.5 Å². The van der Waals surface area contributed by atoms with Gasteiger partial charge < -0.3 is 19.7 Å². The Kier molecular flexibility index (Phi) is 4.80. The Hall–Kier alpha value is -2.87. The highest BCUT2D eigenvalue weighted by Crippen LogP contribution is 2.32. The van der Waals surface area contributed by atoms with E-state index in [-0.39, 0.29) is 52.8 Å². The molecule has 2 aliphatic heterocycles. The van der Waals surface area contributed by atoms with Crippen LogP contribution in [0.4, 0.5) is 14.5 Å². The Labute approximate surface area is 164 Å². The highest BCUT2D eigenvalue weighted by molar-refractivity contribution is 6.32. The molecule has 1 saturated heterocycles. The molecular weight excluding hydrogens is 394 g/mol. The molecule has 2 aliphatic rings. The molecule has 4 rings (SSSR count). The van der Waals surface area contributed by atoms with E-state index in [0.717, 1.165) is 6.07 Å². The Morgan fingerprint density at radius 3 is 2.82 bits per heavy atom. The quantitative estimate of drug-likeness (QED) is 0.844. The summed E-state index contributed by atoms with van der Waals surface area (Å²) in [7, 11) is 0. The molecule has 0 radical (unpaired) electrons. The zero-order valence-electron chi connectivity index (χ0n) is 14.5. The number of nitrogens with one attached hydrogen (secondary N) is 1. The van der Waals surface area contributed by atoms with E-state index in [1.165, 1.54) is 29.2 Å². The predicted molar refractivity (Wildman–Crippen MR) is 96.8 cm³/mol. The van der Waals surface area contributed by atoms with Gasteiger partial charge in [-0.05, 0) is 18.2 Å². The van der Waals surface area contributed by atoms with Gasteiger partial charge in [-0.25, -0.2) is 8.78 Å². The van der Waals surface area contributed by atoms with Crippen LogP contribution >= 0.6 is 11.6 Å². The van der Waals surface area contributed by atoms with Gasteiger partial charge in [0.2, 0.25) is 0 Å². The fourth-order valence-electron chi connectivity index (χ4n) is 3.10. The molecule has 146 valence electrons. The average Bonchev–Trinajstić information content (AvgIpc) is 2.62. The minimum atomic E-state index is -0.724. The summed E-state index contributed by atoms with van der Waals surface area (Å²) in [6, 6.07) is 6.61. The van der Waals surface area contributed by atoms with Crippen molar-refractivity contribution in [2.45, 2.75) is 0 Å². The predicted octanol–water partition coefficient (Wildman–Crippen LogP) is 3.10. The molecule has 2 aromatic rings. The molecule has 2 heterocycles. The number of anilines is 1. The molecule has 2 amide bonds. The number of nitrogens with zero attached hydrogens (tertiary/aromatic N) is 1. The summed E-state index contributed by atoms with van der Waals surface area (Å²) in [6.45, 7) is 0.662. The summed E-state index contributed by atoms with van der Waals surface area (Å²) in [5.41, 5.74) is 0.108. The molecule has 0 saturated carbocycles. The fourth-order valence-corrected chi connectivity index (χ4v) is 3.32. The normalized spacial score (nSPS) is 16.0. The Morgan fingerprint density at radius 1 is 1.29 bits per heavy atom. The van der Waals surface area contributed by atoms with Crippen molar-refractivity contribution >= 4 is 29.1 Å². The number of likely N-dealkylation sites (tertiary alicyclic amines) is 1. The molecule has 1 fully saturated rings. The highest BCUT2D eigenvalue weighted by Gasteiger charge is 2.34. The van der Waals surface area contributed by atoms with E-state index in [0.29, 0.717) is 13.1 Å². The third-order valence-corrected chi connectivity index (χ3v) is 4.86. The van der Waals surface area contributed by atoms with E-state index in [1.54, 1.807) is 0 Å². The summed E-state index contributed by atoms with van der Waals surface area (Å²) in [5.74, 6) is -2.01. The smallest absolute Gasteiger partial charge is 0.262 e. The van der Waals surface area contributed by atoms with Crippen LogP contribution in [-0.2, 0) is 4.79 Å². The summed E-state index contributed by atoms with van der Waals surface area (Å²) in [5, 5.41) is 2.72. The van der Waals surface area contributed by atoms with Gasteiger partial charge >= 0.3 is 0 Å². The van der Waals surface area contributed by atoms with Gasteiger partial charge in [0.25, 0.3) is 11.8 Å². The van der Waals surface area contributed by atoms with Crippen LogP contribution in [0.15, 0.2) is 30.3 Å². The number of carbonyl (C=O) groups is 2. The molecule has 6 nitrogen and oxygen atoms in total. The van der Waals surface area contributed by atoms with Crippen LogP contribution in [0.2, 0.25) is 5.02 Å². The largest absolute Gasteiger partial charge is 0.489 e. The number of hydrogen-bond acceptors (Lipinski definition) is 4. The SMILES string of the molecule is O=C1COc2cc(F)c(C(=O)N3CC(COc4c(F)cccc4Cl)C3)cc2N1. The average molecular weight is 409 g/mol. The van der Waals surface area contributed by atoms with Crippen LogP contribution in [-0.4, -0.2) is 43.0 Å². The number of amides is 2. The van der Waals surface area contributed by atoms with Gasteiger partial charge in [-0.2, -0.15) is 0 Å². The van der Waals surface area contributed by atoms with E-state index >= 15 is 0 Å². The number of carbonyl (C=O) groups excluding carboxylic acids is 2. The maximum atomic E-state index is 14.3. The second-order valence-corrected chi connectivity index (χ2v) is 7.01. The third kappa shape index (κ3) is 3.47. The minimum absolute atomic E-state index is 0.0228. The lowest BCUT2D eigenvalue weighted by Gasteiger charge is -2.39. The topological polar surface area (TPSA) is 67.9 Å². The molecule has 0 atom stereocenters. The van der Waals surface area contributed by atoms with E-state index < -0.39 is 17.5 Å². The number of rotatable bonds is 4. The van der Waals surface area contributed by atoms with Crippen LogP contribution in [0.5, 0.6) is 11.5 Å². The lowest BCUT2D eigenvalue weighted by atomic mass is 9.99. The van der Waals surface area contributed by atoms with Crippen molar-refractivity contribution in [2.75, 3.05) is 31.6 Å². The Balaban J connectivity index is 1.38. The Bertz CT molecular complexity index is 943. The molecule has 9 heteroatoms. The number of para-hydroxylation sites is 1. The third-order valence-electron chi connectivity index (χ3n) is 4.56. The summed E-state index contributed by atoms with van der Waals surface area (Å²) in [4.78, 5) is 25.4. The second-order valence-electron chi connectivity index (χ2n) is 6.60. The summed E-state index contributed by atoms with van der Waals surface area (Å²) in [6.07, 6.45) is 0. The first-order valence-corrected chi connectivity index (χ1v) is 8.92. The molecule has 0 unspecified atom stereocenters. The molecule has 1 N–H and O–H groups in total. The van der Waals surface area contributed by atoms with Gasteiger partial charge in [-0.1, -0.05) is 17.7 Å². The zero-order chi connectivity index (χ0) is 19.8. The maximum absolute atomic E-state index is 14.3. The van der Waals surface area contributed by atoms with Crippen molar-refractivity contribution in [1.29, 1.82) is 0 Å². The van der Waals surface area contributed by atoms with Gasteiger partial charge in [-0.3, -0.25) is 9.59 Å². The molecule has 0 bridgehead atoms. The first-order chi connectivity index (χ1) is 13.4. The van der Waals surface area contributed by atoms with E-state index in [2.05, 4.69) is 5.32 Å². The minimum Gasteiger partial charge on any atom is -0.489 e. The standard InChI is InChI=1S/C19H15ClF2N2O4/c20-12-2-1-3-13(21)18(12)28-8-10-6-24(7-10)19(26)11-4-15-16(5-14(11)22)27-9-17(25)23-15/h1-5,10H,6-9H2,(H,23,25). The summed E-state index contributed by atoms with van der Waals surface area (Å²) < 4.78 is 38.5. The van der Waals surface area contributed by atoms with Crippen molar-refractivity contribution in [3.05, 3.63) is 52.6 Å². The lowest BCUT2D eigenvalue weighted by molar-refractivity contribution is -0.118. The van der Waals surface area contributed by atoms with Gasteiger partial charge in [0, 0.05) is 25.1 Å².